The zero-order chi connectivity index (χ0) is 12.3. The molecule has 0 unspecified atom stereocenters. The lowest BCUT2D eigenvalue weighted by Crippen LogP contribution is -2.26. The van der Waals surface area contributed by atoms with Gasteiger partial charge in [0.25, 0.3) is 0 Å². The highest BCUT2D eigenvalue weighted by Crippen LogP contribution is 2.32. The Labute approximate surface area is 111 Å². The Morgan fingerprint density at radius 2 is 1.69 bits per heavy atom. The van der Waals surface area contributed by atoms with Crippen molar-refractivity contribution in [1.82, 2.24) is 0 Å². The number of aliphatic hydroxyl groups is 1. The molecule has 0 aliphatic carbocycles. The lowest BCUT2D eigenvalue weighted by molar-refractivity contribution is 0.171. The Kier molecular flexibility index (Phi) is 4.74. The fraction of sp³-hybridized carbons (Fsp3) is 0.455. The maximum absolute atomic E-state index is 9.12. The van der Waals surface area contributed by atoms with Gasteiger partial charge < -0.3 is 10.4 Å². The van der Waals surface area contributed by atoms with Crippen LogP contribution in [-0.4, -0.2) is 18.3 Å². The first kappa shape index (κ1) is 13.9. The highest BCUT2D eigenvalue weighted by Gasteiger charge is 2.16. The Morgan fingerprint density at radius 1 is 1.12 bits per heavy atom. The Hall–Kier alpha value is -0.150. The first-order chi connectivity index (χ1) is 7.35. The van der Waals surface area contributed by atoms with Gasteiger partial charge in [-0.05, 0) is 12.1 Å². The number of anilines is 1. The maximum Gasteiger partial charge on any atom is 0.0653 e. The Bertz CT molecular complexity index is 380. The van der Waals surface area contributed by atoms with Crippen LogP contribution in [0.25, 0.3) is 0 Å². The molecule has 0 saturated carbocycles. The van der Waals surface area contributed by atoms with Gasteiger partial charge in [-0.1, -0.05) is 48.7 Å². The number of aliphatic hydroxyl groups excluding tert-OH is 1. The van der Waals surface area contributed by atoms with E-state index in [0.29, 0.717) is 21.6 Å². The molecule has 16 heavy (non-hydrogen) atoms. The summed E-state index contributed by atoms with van der Waals surface area (Å²) < 4.78 is 0. The number of hydrogen-bond donors (Lipinski definition) is 2. The monoisotopic (exact) mass is 281 g/mol. The smallest absolute Gasteiger partial charge is 0.0653 e. The van der Waals surface area contributed by atoms with Crippen molar-refractivity contribution in [3.8, 4) is 0 Å². The van der Waals surface area contributed by atoms with E-state index in [0.717, 1.165) is 5.69 Å². The molecule has 0 aromatic heterocycles. The molecule has 0 radical (unpaired) electrons. The molecular weight excluding hydrogens is 268 g/mol. The zero-order valence-corrected chi connectivity index (χ0v) is 11.4. The van der Waals surface area contributed by atoms with Crippen LogP contribution in [0, 0.1) is 5.41 Å². The predicted molar refractivity (Wildman–Crippen MR) is 70.8 cm³/mol. The van der Waals surface area contributed by atoms with Crippen LogP contribution in [0.5, 0.6) is 0 Å². The van der Waals surface area contributed by atoms with Crippen molar-refractivity contribution in [3.05, 3.63) is 27.2 Å². The summed E-state index contributed by atoms with van der Waals surface area (Å²) in [7, 11) is 0. The van der Waals surface area contributed by atoms with E-state index in [1.165, 1.54) is 0 Å². The number of hydrogen-bond acceptors (Lipinski definition) is 2. The SMILES string of the molecule is CC(C)(CO)CNc1cc(Cl)c(Cl)cc1Cl. The predicted octanol–water partition coefficient (Wildman–Crippen LogP) is 4.08. The molecule has 5 heteroatoms. The molecule has 1 rings (SSSR count). The number of rotatable bonds is 4. The molecule has 2 nitrogen and oxygen atoms in total. The summed E-state index contributed by atoms with van der Waals surface area (Å²) in [4.78, 5) is 0. The first-order valence-electron chi connectivity index (χ1n) is 4.85. The van der Waals surface area contributed by atoms with Crippen LogP contribution in [0.3, 0.4) is 0 Å². The van der Waals surface area contributed by atoms with Gasteiger partial charge in [-0.2, -0.15) is 0 Å². The van der Waals surface area contributed by atoms with Crippen molar-refractivity contribution < 1.29 is 5.11 Å². The van der Waals surface area contributed by atoms with Crippen molar-refractivity contribution in [3.63, 3.8) is 0 Å². The summed E-state index contributed by atoms with van der Waals surface area (Å²) in [6.07, 6.45) is 0. The second-order valence-corrected chi connectivity index (χ2v) is 5.64. The van der Waals surface area contributed by atoms with Gasteiger partial charge in [0.1, 0.15) is 0 Å². The van der Waals surface area contributed by atoms with Crippen LogP contribution in [0.2, 0.25) is 15.1 Å². The third-order valence-corrected chi connectivity index (χ3v) is 3.23. The molecular formula is C11H14Cl3NO. The summed E-state index contributed by atoms with van der Waals surface area (Å²) in [5.41, 5.74) is 0.507. The summed E-state index contributed by atoms with van der Waals surface area (Å²) in [6.45, 7) is 4.59. The Morgan fingerprint density at radius 3 is 2.25 bits per heavy atom. The molecule has 0 amide bonds. The van der Waals surface area contributed by atoms with Gasteiger partial charge in [0.15, 0.2) is 0 Å². The normalized spacial score (nSPS) is 11.6. The van der Waals surface area contributed by atoms with Gasteiger partial charge in [-0.25, -0.2) is 0 Å². The average Bonchev–Trinajstić information content (AvgIpc) is 2.22. The minimum atomic E-state index is -0.213. The number of benzene rings is 1. The third-order valence-electron chi connectivity index (χ3n) is 2.20. The second-order valence-electron chi connectivity index (χ2n) is 4.42. The summed E-state index contributed by atoms with van der Waals surface area (Å²) >= 11 is 17.7. The highest BCUT2D eigenvalue weighted by molar-refractivity contribution is 6.44. The van der Waals surface area contributed by atoms with Gasteiger partial charge in [0, 0.05) is 18.6 Å². The molecule has 90 valence electrons. The number of nitrogens with one attached hydrogen (secondary N) is 1. The van der Waals surface area contributed by atoms with Crippen molar-refractivity contribution in [2.45, 2.75) is 13.8 Å². The molecule has 2 N–H and O–H groups in total. The molecule has 1 aromatic rings. The van der Waals surface area contributed by atoms with E-state index < -0.39 is 0 Å². The van der Waals surface area contributed by atoms with Crippen LogP contribution in [-0.2, 0) is 0 Å². The molecule has 0 heterocycles. The zero-order valence-electron chi connectivity index (χ0n) is 9.15. The first-order valence-corrected chi connectivity index (χ1v) is 5.98. The highest BCUT2D eigenvalue weighted by atomic mass is 35.5. The van der Waals surface area contributed by atoms with E-state index in [2.05, 4.69) is 5.32 Å². The lowest BCUT2D eigenvalue weighted by atomic mass is 9.95. The van der Waals surface area contributed by atoms with Crippen molar-refractivity contribution >= 4 is 40.5 Å². The van der Waals surface area contributed by atoms with Crippen LogP contribution in [0.15, 0.2) is 12.1 Å². The van der Waals surface area contributed by atoms with Gasteiger partial charge in [0.05, 0.1) is 20.8 Å². The van der Waals surface area contributed by atoms with E-state index in [9.17, 15) is 0 Å². The van der Waals surface area contributed by atoms with Gasteiger partial charge in [-0.15, -0.1) is 0 Å². The van der Waals surface area contributed by atoms with Crippen LogP contribution < -0.4 is 5.32 Å². The molecule has 0 atom stereocenters. The largest absolute Gasteiger partial charge is 0.396 e. The van der Waals surface area contributed by atoms with E-state index >= 15 is 0 Å². The van der Waals surface area contributed by atoms with Crippen molar-refractivity contribution in [2.75, 3.05) is 18.5 Å². The van der Waals surface area contributed by atoms with Crippen LogP contribution in [0.4, 0.5) is 5.69 Å². The lowest BCUT2D eigenvalue weighted by Gasteiger charge is -2.23. The average molecular weight is 283 g/mol. The molecule has 1 aromatic carbocycles. The fourth-order valence-corrected chi connectivity index (χ4v) is 1.66. The molecule has 0 aliphatic heterocycles. The van der Waals surface area contributed by atoms with Crippen molar-refractivity contribution in [1.29, 1.82) is 0 Å². The fourth-order valence-electron chi connectivity index (χ4n) is 1.05. The van der Waals surface area contributed by atoms with Crippen LogP contribution in [0.1, 0.15) is 13.8 Å². The minimum Gasteiger partial charge on any atom is -0.396 e. The van der Waals surface area contributed by atoms with Crippen LogP contribution >= 0.6 is 34.8 Å². The molecule has 0 aliphatic rings. The van der Waals surface area contributed by atoms with Crippen molar-refractivity contribution in [2.24, 2.45) is 5.41 Å². The summed E-state index contributed by atoms with van der Waals surface area (Å²) in [5.74, 6) is 0. The summed E-state index contributed by atoms with van der Waals surface area (Å²) in [5, 5.41) is 13.7. The van der Waals surface area contributed by atoms with E-state index in [1.54, 1.807) is 12.1 Å². The topological polar surface area (TPSA) is 32.3 Å². The second kappa shape index (κ2) is 5.46. The quantitative estimate of drug-likeness (QED) is 0.816. The van der Waals surface area contributed by atoms with E-state index in [4.69, 9.17) is 39.9 Å². The van der Waals surface area contributed by atoms with Gasteiger partial charge >= 0.3 is 0 Å². The van der Waals surface area contributed by atoms with Gasteiger partial charge in [-0.3, -0.25) is 0 Å². The molecule has 0 fully saturated rings. The molecule has 0 saturated heterocycles. The van der Waals surface area contributed by atoms with E-state index in [-0.39, 0.29) is 12.0 Å². The Balaban J connectivity index is 2.79. The molecule has 0 bridgehead atoms. The summed E-state index contributed by atoms with van der Waals surface area (Å²) in [6, 6.07) is 3.28. The van der Waals surface area contributed by atoms with Gasteiger partial charge in [0.2, 0.25) is 0 Å². The standard InChI is InChI=1S/C11H14Cl3NO/c1-11(2,6-16)5-15-10-4-8(13)7(12)3-9(10)14/h3-4,15-16H,5-6H2,1-2H3. The number of halogens is 3. The minimum absolute atomic E-state index is 0.0962. The maximum atomic E-state index is 9.12. The third kappa shape index (κ3) is 3.70. The molecule has 0 spiro atoms. The van der Waals surface area contributed by atoms with E-state index in [1.807, 2.05) is 13.8 Å².